The van der Waals surface area contributed by atoms with Gasteiger partial charge in [0, 0.05) is 11.1 Å². The Hall–Kier alpha value is -2.68. The van der Waals surface area contributed by atoms with Crippen LogP contribution in [0.5, 0.6) is 0 Å². The maximum atomic E-state index is 12.5. The molecule has 0 aliphatic carbocycles. The summed E-state index contributed by atoms with van der Waals surface area (Å²) in [6.45, 7) is 3.28. The van der Waals surface area contributed by atoms with Gasteiger partial charge in [-0.2, -0.15) is 4.31 Å². The van der Waals surface area contributed by atoms with Gasteiger partial charge in [0.05, 0.1) is 12.2 Å². The Bertz CT molecular complexity index is 1200. The van der Waals surface area contributed by atoms with Crippen molar-refractivity contribution in [3.63, 3.8) is 0 Å². The Balaban J connectivity index is 1.77. The van der Waals surface area contributed by atoms with E-state index >= 15 is 0 Å². The standard InChI is InChI=1S/C24H28O10P2/c1-18(15-16-33-36(30,31)34-35(27,28)29)7-6-8-19(2)17-32-24(26)22-13-11-21(12-14-22)23(25)20-9-4-3-5-10-20/h3-5,8-15H,6-7,16-17H2,1-2H3,(H,30,31)(H2,27,28,29)/b18-15+,19-8+/i35+1,36+1. The van der Waals surface area contributed by atoms with Gasteiger partial charge >= 0.3 is 21.6 Å². The number of phosphoric acid groups is 2. The number of ketones is 1. The third-order valence-electron chi connectivity index (χ3n) is 4.76. The molecule has 2 aromatic carbocycles. The first kappa shape index (κ1) is 29.5. The second-order valence-corrected chi connectivity index (χ2v) is 10.7. The van der Waals surface area contributed by atoms with E-state index in [0.717, 1.165) is 11.1 Å². The van der Waals surface area contributed by atoms with Gasteiger partial charge in [-0.1, -0.05) is 60.2 Å². The Kier molecular flexibility index (Phi) is 11.1. The Morgan fingerprint density at radius 2 is 1.42 bits per heavy atom. The number of hydrogen-bond donors (Lipinski definition) is 3. The van der Waals surface area contributed by atoms with Crippen molar-refractivity contribution in [3.8, 4) is 0 Å². The van der Waals surface area contributed by atoms with Crippen LogP contribution in [0.1, 0.15) is 53.0 Å². The van der Waals surface area contributed by atoms with Crippen LogP contribution in [0.15, 0.2) is 77.9 Å². The molecule has 0 radical (unpaired) electrons. The summed E-state index contributed by atoms with van der Waals surface area (Å²) in [5.41, 5.74) is 2.98. The molecule has 2 aromatic rings. The predicted octanol–water partition coefficient (Wildman–Crippen LogP) is 4.97. The van der Waals surface area contributed by atoms with Gasteiger partial charge in [0.2, 0.25) is 0 Å². The van der Waals surface area contributed by atoms with Crippen LogP contribution < -0.4 is 0 Å². The molecule has 0 spiro atoms. The first-order chi connectivity index (χ1) is 16.9. The number of allylic oxidation sites excluding steroid dienone is 2. The van der Waals surface area contributed by atoms with Gasteiger partial charge in [0.15, 0.2) is 5.78 Å². The fourth-order valence-electron chi connectivity index (χ4n) is 2.92. The molecule has 194 valence electrons. The van der Waals surface area contributed by atoms with Crippen LogP contribution in [0.2, 0.25) is 0 Å². The molecule has 0 amide bonds. The van der Waals surface area contributed by atoms with Crippen molar-refractivity contribution >= 4 is 27.4 Å². The SMILES string of the molecule is C/C(=C\CO[32P](=O)(O)O[32P](=O)(O)O)CC/C=C(\C)COC(=O)c1ccc(C(=O)c2ccccc2)cc1. The van der Waals surface area contributed by atoms with Gasteiger partial charge < -0.3 is 19.4 Å². The molecule has 0 bridgehead atoms. The van der Waals surface area contributed by atoms with Crippen LogP contribution in [-0.4, -0.2) is 39.6 Å². The number of hydrogen-bond acceptors (Lipinski definition) is 7. The normalized spacial score (nSPS) is 14.2. The molecule has 0 heterocycles. The number of rotatable bonds is 13. The number of benzene rings is 2. The molecule has 3 N–H and O–H groups in total. The van der Waals surface area contributed by atoms with Gasteiger partial charge in [0.1, 0.15) is 6.61 Å². The average Bonchev–Trinajstić information content (AvgIpc) is 2.81. The van der Waals surface area contributed by atoms with Crippen molar-refractivity contribution < 1.29 is 47.0 Å². The number of carbonyl (C=O) groups excluding carboxylic acids is 2. The highest BCUT2D eigenvalue weighted by atomic mass is 32.3. The summed E-state index contributed by atoms with van der Waals surface area (Å²) < 4.78 is 35.5. The van der Waals surface area contributed by atoms with E-state index < -0.39 is 21.6 Å². The summed E-state index contributed by atoms with van der Waals surface area (Å²) in [6, 6.07) is 15.1. The lowest BCUT2D eigenvalue weighted by atomic mass is 10.0. The Morgan fingerprint density at radius 1 is 0.833 bits per heavy atom. The highest BCUT2D eigenvalue weighted by Gasteiger charge is 2.31. The summed E-state index contributed by atoms with van der Waals surface area (Å²) in [5, 5.41) is 0. The van der Waals surface area contributed by atoms with Crippen molar-refractivity contribution in [1.82, 2.24) is 0 Å². The minimum Gasteiger partial charge on any atom is -0.458 e. The fraction of sp³-hybridized carbons (Fsp3) is 0.250. The third-order valence-corrected chi connectivity index (χ3v) is 6.91. The second-order valence-electron chi connectivity index (χ2n) is 7.82. The van der Waals surface area contributed by atoms with Crippen LogP contribution in [0.3, 0.4) is 0 Å². The van der Waals surface area contributed by atoms with E-state index in [2.05, 4.69) is 8.83 Å². The number of ether oxygens (including phenoxy) is 1. The van der Waals surface area contributed by atoms with Crippen molar-refractivity contribution in [2.75, 3.05) is 13.2 Å². The van der Waals surface area contributed by atoms with Crippen LogP contribution in [0.25, 0.3) is 0 Å². The van der Waals surface area contributed by atoms with E-state index in [1.54, 1.807) is 62.4 Å². The lowest BCUT2D eigenvalue weighted by molar-refractivity contribution is 0.0539. The maximum Gasteiger partial charge on any atom is 0.481 e. The van der Waals surface area contributed by atoms with Gasteiger partial charge in [0.25, 0.3) is 0 Å². The topological polar surface area (TPSA) is 157 Å². The van der Waals surface area contributed by atoms with Crippen molar-refractivity contribution in [2.24, 2.45) is 0 Å². The zero-order chi connectivity index (χ0) is 26.8. The number of phosphoric ester groups is 1. The number of carbonyl (C=O) groups is 2. The minimum atomic E-state index is -5.15. The summed E-state index contributed by atoms with van der Waals surface area (Å²) >= 11 is 0. The average molecular weight is 540 g/mol. The highest BCUT2D eigenvalue weighted by Crippen LogP contribution is 2.57. The molecule has 0 aliphatic heterocycles. The molecular weight excluding hydrogens is 512 g/mol. The van der Waals surface area contributed by atoms with Crippen molar-refractivity contribution in [2.45, 2.75) is 26.7 Å². The predicted molar refractivity (Wildman–Crippen MR) is 132 cm³/mol. The maximum absolute atomic E-state index is 12.5. The zero-order valence-corrected chi connectivity index (χ0v) is 21.6. The van der Waals surface area contributed by atoms with Gasteiger partial charge in [-0.15, -0.1) is 0 Å². The van der Waals surface area contributed by atoms with E-state index in [4.69, 9.17) is 14.5 Å². The van der Waals surface area contributed by atoms with Crippen LogP contribution in [0, 0.1) is 0 Å². The van der Waals surface area contributed by atoms with Crippen molar-refractivity contribution in [3.05, 3.63) is 94.6 Å². The summed E-state index contributed by atoms with van der Waals surface area (Å²) in [4.78, 5) is 51.1. The molecule has 0 fully saturated rings. The van der Waals surface area contributed by atoms with E-state index in [-0.39, 0.29) is 19.0 Å². The first-order valence-electron chi connectivity index (χ1n) is 10.8. The molecule has 1 unspecified atom stereocenters. The van der Waals surface area contributed by atoms with Crippen LogP contribution in [0.4, 0.5) is 0 Å². The lowest BCUT2D eigenvalue weighted by Gasteiger charge is -2.11. The molecule has 0 aliphatic rings. The summed E-state index contributed by atoms with van der Waals surface area (Å²) in [6.07, 6.45) is 4.53. The molecule has 0 saturated heterocycles. The molecular formula is C24H28O10P2. The quantitative estimate of drug-likeness (QED) is 0.137. The van der Waals surface area contributed by atoms with Crippen LogP contribution in [-0.2, 0) is 22.7 Å². The monoisotopic (exact) mass is 540 g/mol. The number of esters is 1. The van der Waals surface area contributed by atoms with Gasteiger partial charge in [-0.25, -0.2) is 13.9 Å². The first-order valence-corrected chi connectivity index (χ1v) is 13.8. The van der Waals surface area contributed by atoms with Crippen molar-refractivity contribution in [1.29, 1.82) is 0 Å². The third kappa shape index (κ3) is 10.9. The zero-order valence-electron chi connectivity index (χ0n) is 19.8. The molecule has 2 rings (SSSR count). The van der Waals surface area contributed by atoms with E-state index in [9.17, 15) is 23.6 Å². The highest BCUT2D eigenvalue weighted by molar-refractivity contribution is 7.60. The fourth-order valence-corrected chi connectivity index (χ4v) is 4.44. The molecule has 12 heteroatoms. The van der Waals surface area contributed by atoms with Gasteiger partial charge in [-0.3, -0.25) is 9.32 Å². The van der Waals surface area contributed by atoms with E-state index in [1.807, 2.05) is 12.1 Å². The smallest absolute Gasteiger partial charge is 0.458 e. The largest absolute Gasteiger partial charge is 0.481 e. The van der Waals surface area contributed by atoms with E-state index in [0.29, 0.717) is 29.5 Å². The van der Waals surface area contributed by atoms with Crippen LogP contribution >= 0.6 is 15.6 Å². The second kappa shape index (κ2) is 13.6. The molecule has 0 aromatic heterocycles. The molecule has 10 nitrogen and oxygen atoms in total. The van der Waals surface area contributed by atoms with Gasteiger partial charge in [-0.05, 0) is 44.4 Å². The molecule has 36 heavy (non-hydrogen) atoms. The lowest BCUT2D eigenvalue weighted by Crippen LogP contribution is -2.08. The summed E-state index contributed by atoms with van der Waals surface area (Å²) in [5.74, 6) is -0.648. The minimum absolute atomic E-state index is 0.0861. The summed E-state index contributed by atoms with van der Waals surface area (Å²) in [7, 11) is -10.0. The van der Waals surface area contributed by atoms with E-state index in [1.165, 1.54) is 6.08 Å². The molecule has 0 saturated carbocycles. The molecule has 1 atom stereocenters. The Morgan fingerprint density at radius 3 is 2.03 bits per heavy atom. The Labute approximate surface area is 209 Å².